The van der Waals surface area contributed by atoms with Crippen LogP contribution in [0.25, 0.3) is 6.08 Å². The van der Waals surface area contributed by atoms with Crippen molar-refractivity contribution in [3.63, 3.8) is 0 Å². The molecule has 3 rings (SSSR count). The smallest absolute Gasteiger partial charge is 0.339 e. The number of anilines is 1. The first-order valence-corrected chi connectivity index (χ1v) is 10.3. The van der Waals surface area contributed by atoms with Crippen molar-refractivity contribution in [3.05, 3.63) is 64.3 Å². The van der Waals surface area contributed by atoms with E-state index in [2.05, 4.69) is 5.32 Å². The molecule has 0 unspecified atom stereocenters. The van der Waals surface area contributed by atoms with Crippen molar-refractivity contribution in [3.8, 4) is 5.75 Å². The van der Waals surface area contributed by atoms with Gasteiger partial charge in [-0.15, -0.1) is 0 Å². The molecule has 1 aliphatic rings. The number of carbonyl (C=O) groups excluding carboxylic acids is 2. The lowest BCUT2D eigenvalue weighted by atomic mass is 10.1. The molecule has 31 heavy (non-hydrogen) atoms. The number of phenols is 1. The average Bonchev–Trinajstić information content (AvgIpc) is 2.97. The van der Waals surface area contributed by atoms with E-state index in [9.17, 15) is 23.9 Å². The van der Waals surface area contributed by atoms with Crippen molar-refractivity contribution in [1.82, 2.24) is 4.90 Å². The number of carboxylic acid groups (broad SMARTS) is 1. The van der Waals surface area contributed by atoms with Crippen molar-refractivity contribution in [1.29, 1.82) is 0 Å². The van der Waals surface area contributed by atoms with Crippen LogP contribution >= 0.6 is 24.0 Å². The summed E-state index contributed by atoms with van der Waals surface area (Å²) in [5, 5.41) is 21.1. The summed E-state index contributed by atoms with van der Waals surface area (Å²) in [6, 6.07) is 9.47. The minimum atomic E-state index is -1.27. The lowest BCUT2D eigenvalue weighted by molar-refractivity contribution is -0.122. The summed E-state index contributed by atoms with van der Waals surface area (Å²) in [6.07, 6.45) is 2.08. The molecule has 7 nitrogen and oxygen atoms in total. The number of carbonyl (C=O) groups is 3. The number of carboxylic acids is 1. The maximum atomic E-state index is 13.0. The molecule has 0 bridgehead atoms. The molecule has 1 heterocycles. The number of nitrogens with zero attached hydrogens (tertiary/aromatic N) is 1. The number of thiocarbonyl (C=S) groups is 1. The largest absolute Gasteiger partial charge is 0.507 e. The molecule has 0 atom stereocenters. The van der Waals surface area contributed by atoms with Gasteiger partial charge in [0, 0.05) is 24.7 Å². The first kappa shape index (κ1) is 22.4. The summed E-state index contributed by atoms with van der Waals surface area (Å²) in [7, 11) is 0. The van der Waals surface area contributed by atoms with E-state index in [1.54, 1.807) is 18.2 Å². The Morgan fingerprint density at radius 1 is 1.19 bits per heavy atom. The highest BCUT2D eigenvalue weighted by atomic mass is 32.2. The molecule has 2 aromatic carbocycles. The van der Waals surface area contributed by atoms with Crippen molar-refractivity contribution in [2.45, 2.75) is 12.8 Å². The van der Waals surface area contributed by atoms with E-state index < -0.39 is 11.7 Å². The number of hydrogen-bond donors (Lipinski definition) is 3. The first-order valence-electron chi connectivity index (χ1n) is 9.11. The topological polar surface area (TPSA) is 107 Å². The predicted octanol–water partition coefficient (Wildman–Crippen LogP) is 3.85. The van der Waals surface area contributed by atoms with E-state index >= 15 is 0 Å². The maximum absolute atomic E-state index is 13.0. The van der Waals surface area contributed by atoms with Gasteiger partial charge in [0.25, 0.3) is 5.91 Å². The van der Waals surface area contributed by atoms with Crippen LogP contribution in [0.5, 0.6) is 5.75 Å². The summed E-state index contributed by atoms with van der Waals surface area (Å²) in [6.45, 7) is 0.252. The van der Waals surface area contributed by atoms with Crippen molar-refractivity contribution in [2.24, 2.45) is 0 Å². The monoisotopic (exact) mass is 460 g/mol. The van der Waals surface area contributed by atoms with E-state index in [0.717, 1.165) is 17.8 Å². The molecule has 0 radical (unpaired) electrons. The van der Waals surface area contributed by atoms with Gasteiger partial charge >= 0.3 is 5.97 Å². The third-order valence-corrected chi connectivity index (χ3v) is 5.72. The molecule has 0 aromatic heterocycles. The zero-order chi connectivity index (χ0) is 22.5. The van der Waals surface area contributed by atoms with Gasteiger partial charge in [-0.2, -0.15) is 0 Å². The molecule has 3 N–H and O–H groups in total. The zero-order valence-electron chi connectivity index (χ0n) is 16.0. The predicted molar refractivity (Wildman–Crippen MR) is 119 cm³/mol. The molecule has 1 saturated heterocycles. The third-order valence-electron chi connectivity index (χ3n) is 4.34. The van der Waals surface area contributed by atoms with Gasteiger partial charge in [0.1, 0.15) is 21.5 Å². The summed E-state index contributed by atoms with van der Waals surface area (Å²) in [4.78, 5) is 37.4. The fraction of sp³-hybridized carbons (Fsp3) is 0.143. The van der Waals surface area contributed by atoms with Crippen LogP contribution in [0.2, 0.25) is 0 Å². The standard InChI is InChI=1S/C21H17FN2O5S2/c22-13-5-3-12(4-6-13)10-17-19(27)24(21(30)31-17)9-1-2-18(26)23-14-7-8-15(20(28)29)16(25)11-14/h3-8,10-11,25H,1-2,9H2,(H,23,26)(H,28,29)/b17-10-. The van der Waals surface area contributed by atoms with Gasteiger partial charge in [0.05, 0.1) is 4.91 Å². The van der Waals surface area contributed by atoms with Gasteiger partial charge < -0.3 is 15.5 Å². The summed E-state index contributed by atoms with van der Waals surface area (Å²) in [5.74, 6) is -2.71. The SMILES string of the molecule is O=C(CCCN1C(=O)/C(=C/c2ccc(F)cc2)SC1=S)Nc1ccc(C(=O)O)c(O)c1. The highest BCUT2D eigenvalue weighted by Gasteiger charge is 2.31. The number of thioether (sulfide) groups is 1. The Labute approximate surface area is 186 Å². The van der Waals surface area contributed by atoms with Crippen LogP contribution in [-0.4, -0.2) is 43.8 Å². The summed E-state index contributed by atoms with van der Waals surface area (Å²) >= 11 is 6.40. The Kier molecular flexibility index (Phi) is 7.03. The Hall–Kier alpha value is -3.24. The Morgan fingerprint density at radius 3 is 2.55 bits per heavy atom. The molecule has 160 valence electrons. The molecule has 1 aliphatic heterocycles. The molecule has 0 saturated carbocycles. The van der Waals surface area contributed by atoms with Gasteiger partial charge in [0.2, 0.25) is 5.91 Å². The van der Waals surface area contributed by atoms with Crippen LogP contribution in [-0.2, 0) is 9.59 Å². The number of halogens is 1. The highest BCUT2D eigenvalue weighted by molar-refractivity contribution is 8.26. The molecular weight excluding hydrogens is 443 g/mol. The Morgan fingerprint density at radius 2 is 1.90 bits per heavy atom. The normalized spacial score (nSPS) is 14.9. The number of amides is 2. The zero-order valence-corrected chi connectivity index (χ0v) is 17.6. The van der Waals surface area contributed by atoms with Crippen LogP contribution in [0.3, 0.4) is 0 Å². The van der Waals surface area contributed by atoms with Gasteiger partial charge in [-0.3, -0.25) is 14.5 Å². The number of aromatic hydroxyl groups is 1. The molecular formula is C21H17FN2O5S2. The highest BCUT2D eigenvalue weighted by Crippen LogP contribution is 2.32. The van der Waals surface area contributed by atoms with Gasteiger partial charge in [0.15, 0.2) is 0 Å². The third kappa shape index (κ3) is 5.68. The summed E-state index contributed by atoms with van der Waals surface area (Å²) < 4.78 is 13.4. The molecule has 10 heteroatoms. The number of aromatic carboxylic acids is 1. The second kappa shape index (κ2) is 9.71. The van der Waals surface area contributed by atoms with Crippen LogP contribution in [0.15, 0.2) is 47.4 Å². The van der Waals surface area contributed by atoms with Crippen LogP contribution in [0, 0.1) is 5.82 Å². The number of benzene rings is 2. The second-order valence-corrected chi connectivity index (χ2v) is 8.25. The molecule has 0 spiro atoms. The van der Waals surface area contributed by atoms with Crippen molar-refractivity contribution >= 4 is 57.8 Å². The van der Waals surface area contributed by atoms with E-state index in [1.807, 2.05) is 0 Å². The lowest BCUT2D eigenvalue weighted by Crippen LogP contribution is -2.29. The number of hydrogen-bond acceptors (Lipinski definition) is 6. The lowest BCUT2D eigenvalue weighted by Gasteiger charge is -2.14. The van der Waals surface area contributed by atoms with E-state index in [0.29, 0.717) is 21.2 Å². The molecule has 2 aromatic rings. The summed E-state index contributed by atoms with van der Waals surface area (Å²) in [5.41, 5.74) is 0.680. The van der Waals surface area contributed by atoms with Gasteiger partial charge in [-0.05, 0) is 42.3 Å². The van der Waals surface area contributed by atoms with Crippen molar-refractivity contribution in [2.75, 3.05) is 11.9 Å². The van der Waals surface area contributed by atoms with Crippen LogP contribution in [0.1, 0.15) is 28.8 Å². The Balaban J connectivity index is 1.53. The van der Waals surface area contributed by atoms with Crippen LogP contribution in [0.4, 0.5) is 10.1 Å². The first-order chi connectivity index (χ1) is 14.7. The average molecular weight is 461 g/mol. The fourth-order valence-electron chi connectivity index (χ4n) is 2.81. The van der Waals surface area contributed by atoms with Gasteiger partial charge in [-0.1, -0.05) is 36.1 Å². The van der Waals surface area contributed by atoms with E-state index in [1.165, 1.54) is 29.2 Å². The minimum absolute atomic E-state index is 0.0928. The van der Waals surface area contributed by atoms with Crippen molar-refractivity contribution < 1.29 is 29.0 Å². The van der Waals surface area contributed by atoms with E-state index in [-0.39, 0.29) is 41.8 Å². The van der Waals surface area contributed by atoms with Gasteiger partial charge in [-0.25, -0.2) is 9.18 Å². The van der Waals surface area contributed by atoms with Crippen LogP contribution < -0.4 is 5.32 Å². The molecule has 0 aliphatic carbocycles. The fourth-order valence-corrected chi connectivity index (χ4v) is 4.12. The van der Waals surface area contributed by atoms with E-state index in [4.69, 9.17) is 17.3 Å². The second-order valence-electron chi connectivity index (χ2n) is 6.57. The number of nitrogens with one attached hydrogen (secondary N) is 1. The number of rotatable bonds is 7. The minimum Gasteiger partial charge on any atom is -0.507 e. The molecule has 2 amide bonds. The maximum Gasteiger partial charge on any atom is 0.339 e. The quantitative estimate of drug-likeness (QED) is 0.426. The Bertz CT molecular complexity index is 1090. The molecule has 1 fully saturated rings.